The maximum atomic E-state index is 12.8. The summed E-state index contributed by atoms with van der Waals surface area (Å²) in [6, 6.07) is 14.8. The van der Waals surface area contributed by atoms with Crippen molar-refractivity contribution in [1.29, 1.82) is 0 Å². The lowest BCUT2D eigenvalue weighted by atomic mass is 10.2. The second kappa shape index (κ2) is 9.58. The molecule has 0 saturated heterocycles. The van der Waals surface area contributed by atoms with Gasteiger partial charge in [0.2, 0.25) is 5.91 Å². The van der Waals surface area contributed by atoms with Gasteiger partial charge in [-0.3, -0.25) is 14.2 Å². The molecule has 0 atom stereocenters. The third kappa shape index (κ3) is 5.16. The Morgan fingerprint density at radius 1 is 1.17 bits per heavy atom. The van der Waals surface area contributed by atoms with Gasteiger partial charge in [-0.25, -0.2) is 4.98 Å². The highest BCUT2D eigenvalue weighted by atomic mass is 32.2. The summed E-state index contributed by atoms with van der Waals surface area (Å²) in [5, 5.41) is 3.93. The van der Waals surface area contributed by atoms with Crippen molar-refractivity contribution in [2.75, 3.05) is 43.8 Å². The second-order valence-electron chi connectivity index (χ2n) is 6.64. The van der Waals surface area contributed by atoms with Gasteiger partial charge in [0.25, 0.3) is 5.56 Å². The van der Waals surface area contributed by atoms with Gasteiger partial charge in [0.05, 0.1) is 29.8 Å². The zero-order valence-electron chi connectivity index (χ0n) is 16.7. The lowest BCUT2D eigenvalue weighted by Gasteiger charge is -2.14. The van der Waals surface area contributed by atoms with Gasteiger partial charge >= 0.3 is 0 Å². The molecule has 8 heteroatoms. The molecule has 3 aromatic rings. The fraction of sp³-hybridized carbons (Fsp3) is 0.286. The number of nitrogens with one attached hydrogen (secondary N) is 1. The zero-order valence-corrected chi connectivity index (χ0v) is 17.5. The molecule has 2 aromatic carbocycles. The Morgan fingerprint density at radius 2 is 1.90 bits per heavy atom. The van der Waals surface area contributed by atoms with Crippen molar-refractivity contribution in [2.45, 2.75) is 11.7 Å². The first-order valence-electron chi connectivity index (χ1n) is 9.18. The van der Waals surface area contributed by atoms with Crippen LogP contribution >= 0.6 is 11.8 Å². The number of rotatable bonds is 8. The van der Waals surface area contributed by atoms with E-state index >= 15 is 0 Å². The standard InChI is InChI=1S/C21H24N4O3S/c1-24(2)16-10-8-15(9-11-16)22-19(26)14-29-21-23-18-7-5-4-6-17(18)20(27)25(21)12-13-28-3/h4-11H,12-14H2,1-3H3,(H,22,26). The Kier molecular flexibility index (Phi) is 6.90. The van der Waals surface area contributed by atoms with Crippen LogP contribution in [0.4, 0.5) is 11.4 Å². The van der Waals surface area contributed by atoms with E-state index in [1.807, 2.05) is 55.4 Å². The molecule has 0 bridgehead atoms. The predicted molar refractivity (Wildman–Crippen MR) is 118 cm³/mol. The lowest BCUT2D eigenvalue weighted by Crippen LogP contribution is -2.26. The van der Waals surface area contributed by atoms with E-state index in [0.717, 1.165) is 11.4 Å². The normalized spacial score (nSPS) is 10.9. The molecule has 1 heterocycles. The minimum atomic E-state index is -0.159. The van der Waals surface area contributed by atoms with Crippen LogP contribution in [0.15, 0.2) is 58.5 Å². The Morgan fingerprint density at radius 3 is 2.59 bits per heavy atom. The van der Waals surface area contributed by atoms with Gasteiger partial charge in [0, 0.05) is 32.6 Å². The number of aromatic nitrogens is 2. The largest absolute Gasteiger partial charge is 0.383 e. The summed E-state index contributed by atoms with van der Waals surface area (Å²) in [7, 11) is 5.51. The monoisotopic (exact) mass is 412 g/mol. The SMILES string of the molecule is COCCn1c(SCC(=O)Nc2ccc(N(C)C)cc2)nc2ccccc2c1=O. The summed E-state index contributed by atoms with van der Waals surface area (Å²) in [6.45, 7) is 0.765. The van der Waals surface area contributed by atoms with Gasteiger partial charge in [-0.05, 0) is 36.4 Å². The van der Waals surface area contributed by atoms with E-state index in [2.05, 4.69) is 10.3 Å². The summed E-state index contributed by atoms with van der Waals surface area (Å²) in [6.07, 6.45) is 0. The van der Waals surface area contributed by atoms with Gasteiger partial charge in [-0.1, -0.05) is 23.9 Å². The fourth-order valence-electron chi connectivity index (χ4n) is 2.81. The summed E-state index contributed by atoms with van der Waals surface area (Å²) in [5.74, 6) is -0.0130. The fourth-order valence-corrected chi connectivity index (χ4v) is 3.63. The van der Waals surface area contributed by atoms with E-state index in [1.165, 1.54) is 11.8 Å². The van der Waals surface area contributed by atoms with E-state index in [-0.39, 0.29) is 17.2 Å². The quantitative estimate of drug-likeness (QED) is 0.453. The molecule has 1 aromatic heterocycles. The van der Waals surface area contributed by atoms with Crippen LogP contribution in [0.1, 0.15) is 0 Å². The van der Waals surface area contributed by atoms with Crippen LogP contribution in [0.5, 0.6) is 0 Å². The minimum Gasteiger partial charge on any atom is -0.383 e. The van der Waals surface area contributed by atoms with Crippen molar-refractivity contribution in [3.8, 4) is 0 Å². The van der Waals surface area contributed by atoms with E-state index in [4.69, 9.17) is 4.74 Å². The van der Waals surface area contributed by atoms with Crippen LogP contribution in [0.25, 0.3) is 10.9 Å². The smallest absolute Gasteiger partial charge is 0.262 e. The third-order valence-electron chi connectivity index (χ3n) is 4.35. The summed E-state index contributed by atoms with van der Waals surface area (Å²) < 4.78 is 6.68. The first-order chi connectivity index (χ1) is 14.0. The van der Waals surface area contributed by atoms with E-state index < -0.39 is 0 Å². The molecule has 0 radical (unpaired) electrons. The maximum absolute atomic E-state index is 12.8. The molecule has 29 heavy (non-hydrogen) atoms. The van der Waals surface area contributed by atoms with Gasteiger partial charge in [0.1, 0.15) is 0 Å². The lowest BCUT2D eigenvalue weighted by molar-refractivity contribution is -0.113. The van der Waals surface area contributed by atoms with Crippen LogP contribution < -0.4 is 15.8 Å². The molecule has 7 nitrogen and oxygen atoms in total. The number of amides is 1. The number of hydrogen-bond donors (Lipinski definition) is 1. The maximum Gasteiger partial charge on any atom is 0.262 e. The van der Waals surface area contributed by atoms with Gasteiger partial charge in [-0.15, -0.1) is 0 Å². The molecule has 0 aliphatic rings. The van der Waals surface area contributed by atoms with Crippen LogP contribution in [0, 0.1) is 0 Å². The Balaban J connectivity index is 1.74. The van der Waals surface area contributed by atoms with Gasteiger partial charge in [-0.2, -0.15) is 0 Å². The predicted octanol–water partition coefficient (Wildman–Crippen LogP) is 2.84. The van der Waals surface area contributed by atoms with Crippen LogP contribution in [-0.4, -0.2) is 49.0 Å². The number of benzene rings is 2. The number of methoxy groups -OCH3 is 1. The highest BCUT2D eigenvalue weighted by molar-refractivity contribution is 7.99. The highest BCUT2D eigenvalue weighted by Crippen LogP contribution is 2.19. The molecular weight excluding hydrogens is 388 g/mol. The number of nitrogens with zero attached hydrogens (tertiary/aromatic N) is 3. The summed E-state index contributed by atoms with van der Waals surface area (Å²) >= 11 is 1.24. The number of anilines is 2. The van der Waals surface area contributed by atoms with Gasteiger partial charge in [0.15, 0.2) is 5.16 Å². The highest BCUT2D eigenvalue weighted by Gasteiger charge is 2.13. The van der Waals surface area contributed by atoms with E-state index in [1.54, 1.807) is 23.8 Å². The molecule has 3 rings (SSSR count). The first-order valence-corrected chi connectivity index (χ1v) is 10.2. The van der Waals surface area contributed by atoms with Crippen molar-refractivity contribution in [3.63, 3.8) is 0 Å². The van der Waals surface area contributed by atoms with Crippen LogP contribution in [0.3, 0.4) is 0 Å². The number of carbonyl (C=O) groups is 1. The van der Waals surface area contributed by atoms with Crippen molar-refractivity contribution in [1.82, 2.24) is 9.55 Å². The number of para-hydroxylation sites is 1. The second-order valence-corrected chi connectivity index (χ2v) is 7.58. The molecule has 0 spiro atoms. The molecule has 0 aliphatic heterocycles. The minimum absolute atomic E-state index is 0.130. The topological polar surface area (TPSA) is 76.5 Å². The first kappa shape index (κ1) is 20.9. The molecule has 1 amide bonds. The summed E-state index contributed by atoms with van der Waals surface area (Å²) in [5.41, 5.74) is 2.27. The Hall–Kier alpha value is -2.84. The molecule has 1 N–H and O–H groups in total. The molecule has 152 valence electrons. The number of thioether (sulfide) groups is 1. The Bertz CT molecular complexity index is 1050. The van der Waals surface area contributed by atoms with Crippen molar-refractivity contribution < 1.29 is 9.53 Å². The average Bonchev–Trinajstić information content (AvgIpc) is 2.72. The van der Waals surface area contributed by atoms with Gasteiger partial charge < -0.3 is 15.0 Å². The number of ether oxygens (including phenoxy) is 1. The molecule has 0 saturated carbocycles. The average molecular weight is 413 g/mol. The summed E-state index contributed by atoms with van der Waals surface area (Å²) in [4.78, 5) is 31.8. The Labute approximate surface area is 173 Å². The van der Waals surface area contributed by atoms with Crippen LogP contribution in [-0.2, 0) is 16.1 Å². The third-order valence-corrected chi connectivity index (χ3v) is 5.32. The number of carbonyl (C=O) groups excluding carboxylic acids is 1. The van der Waals surface area contributed by atoms with E-state index in [0.29, 0.717) is 29.2 Å². The molecule has 0 aliphatic carbocycles. The number of hydrogen-bond acceptors (Lipinski definition) is 6. The van der Waals surface area contributed by atoms with E-state index in [9.17, 15) is 9.59 Å². The molecule has 0 unspecified atom stereocenters. The van der Waals surface area contributed by atoms with Crippen molar-refractivity contribution in [3.05, 3.63) is 58.9 Å². The van der Waals surface area contributed by atoms with Crippen molar-refractivity contribution in [2.24, 2.45) is 0 Å². The van der Waals surface area contributed by atoms with Crippen molar-refractivity contribution >= 4 is 39.9 Å². The number of fused-ring (bicyclic) bond motifs is 1. The zero-order chi connectivity index (χ0) is 20.8. The molecular formula is C21H24N4O3S. The van der Waals surface area contributed by atoms with Crippen LogP contribution in [0.2, 0.25) is 0 Å². The molecule has 0 fully saturated rings.